The van der Waals surface area contributed by atoms with Crippen molar-refractivity contribution in [2.24, 2.45) is 0 Å². The van der Waals surface area contributed by atoms with E-state index in [1.165, 1.54) is 6.08 Å². The summed E-state index contributed by atoms with van der Waals surface area (Å²) >= 11 is 0. The molecule has 0 fully saturated rings. The summed E-state index contributed by atoms with van der Waals surface area (Å²) in [5.74, 6) is -0.551. The van der Waals surface area contributed by atoms with E-state index in [1.54, 1.807) is 37.3 Å². The lowest BCUT2D eigenvalue weighted by Crippen LogP contribution is -2.23. The van der Waals surface area contributed by atoms with Gasteiger partial charge in [0.25, 0.3) is 0 Å². The summed E-state index contributed by atoms with van der Waals surface area (Å²) in [5, 5.41) is 19.7. The van der Waals surface area contributed by atoms with E-state index in [9.17, 15) is 19.8 Å². The standard InChI is InChI=1S/C15H18O5/c1-2-20-14(18)10-13(17)15(19)12-7-5-11(6-8-12)4-3-9-16/h3-9,13,15,17,19H,2,10H2,1H3/b4-3+. The molecule has 20 heavy (non-hydrogen) atoms. The normalized spacial score (nSPS) is 13.9. The van der Waals surface area contributed by atoms with Crippen molar-refractivity contribution >= 4 is 18.3 Å². The summed E-state index contributed by atoms with van der Waals surface area (Å²) in [6.45, 7) is 1.91. The summed E-state index contributed by atoms with van der Waals surface area (Å²) in [7, 11) is 0. The first-order valence-electron chi connectivity index (χ1n) is 6.32. The van der Waals surface area contributed by atoms with Gasteiger partial charge in [-0.1, -0.05) is 30.3 Å². The molecule has 1 rings (SSSR count). The third-order valence-electron chi connectivity index (χ3n) is 2.69. The van der Waals surface area contributed by atoms with Gasteiger partial charge in [-0.25, -0.2) is 0 Å². The van der Waals surface area contributed by atoms with Crippen LogP contribution < -0.4 is 0 Å². The van der Waals surface area contributed by atoms with E-state index >= 15 is 0 Å². The number of allylic oxidation sites excluding steroid dienone is 1. The Hall–Kier alpha value is -1.98. The van der Waals surface area contributed by atoms with Gasteiger partial charge in [0.15, 0.2) is 0 Å². The van der Waals surface area contributed by atoms with Crippen molar-refractivity contribution in [1.82, 2.24) is 0 Å². The quantitative estimate of drug-likeness (QED) is 0.445. The lowest BCUT2D eigenvalue weighted by atomic mass is 10.0. The van der Waals surface area contributed by atoms with Crippen LogP contribution in [0.2, 0.25) is 0 Å². The number of hydrogen-bond acceptors (Lipinski definition) is 5. The average molecular weight is 278 g/mol. The second-order valence-corrected chi connectivity index (χ2v) is 4.18. The van der Waals surface area contributed by atoms with Crippen LogP contribution in [0, 0.1) is 0 Å². The Morgan fingerprint density at radius 1 is 1.30 bits per heavy atom. The molecule has 2 atom stereocenters. The van der Waals surface area contributed by atoms with Crippen LogP contribution in [0.15, 0.2) is 30.3 Å². The second-order valence-electron chi connectivity index (χ2n) is 4.18. The second kappa shape index (κ2) is 8.24. The number of benzene rings is 1. The van der Waals surface area contributed by atoms with Crippen molar-refractivity contribution in [1.29, 1.82) is 0 Å². The molecule has 0 saturated carbocycles. The average Bonchev–Trinajstić information content (AvgIpc) is 2.45. The number of esters is 1. The number of carbonyl (C=O) groups is 2. The fourth-order valence-corrected chi connectivity index (χ4v) is 1.68. The molecular weight excluding hydrogens is 260 g/mol. The molecule has 0 aliphatic carbocycles. The summed E-state index contributed by atoms with van der Waals surface area (Å²) < 4.78 is 4.71. The Kier molecular flexibility index (Phi) is 6.63. The highest BCUT2D eigenvalue weighted by Gasteiger charge is 2.21. The molecule has 0 heterocycles. The molecule has 5 nitrogen and oxygen atoms in total. The van der Waals surface area contributed by atoms with Crippen LogP contribution in [0.3, 0.4) is 0 Å². The molecule has 0 amide bonds. The van der Waals surface area contributed by atoms with Crippen LogP contribution in [0.5, 0.6) is 0 Å². The maximum absolute atomic E-state index is 11.2. The molecule has 1 aromatic rings. The predicted octanol–water partition coefficient (Wildman–Crippen LogP) is 1.25. The van der Waals surface area contributed by atoms with Crippen molar-refractivity contribution in [2.45, 2.75) is 25.6 Å². The number of aliphatic hydroxyl groups excluding tert-OH is 2. The van der Waals surface area contributed by atoms with Gasteiger partial charge in [0.1, 0.15) is 12.4 Å². The van der Waals surface area contributed by atoms with Crippen molar-refractivity contribution in [3.63, 3.8) is 0 Å². The zero-order valence-electron chi connectivity index (χ0n) is 11.2. The van der Waals surface area contributed by atoms with Crippen LogP contribution in [-0.4, -0.2) is 35.2 Å². The van der Waals surface area contributed by atoms with E-state index in [4.69, 9.17) is 4.74 Å². The van der Waals surface area contributed by atoms with Gasteiger partial charge < -0.3 is 14.9 Å². The van der Waals surface area contributed by atoms with Crippen LogP contribution in [-0.2, 0) is 14.3 Å². The molecule has 108 valence electrons. The topological polar surface area (TPSA) is 83.8 Å². The van der Waals surface area contributed by atoms with E-state index in [0.29, 0.717) is 11.8 Å². The van der Waals surface area contributed by atoms with E-state index in [-0.39, 0.29) is 13.0 Å². The minimum absolute atomic E-state index is 0.236. The lowest BCUT2D eigenvalue weighted by Gasteiger charge is -2.17. The third kappa shape index (κ3) is 4.95. The van der Waals surface area contributed by atoms with E-state index in [2.05, 4.69) is 0 Å². The zero-order valence-corrected chi connectivity index (χ0v) is 11.2. The summed E-state index contributed by atoms with van der Waals surface area (Å²) in [5.41, 5.74) is 1.29. The van der Waals surface area contributed by atoms with Crippen LogP contribution >= 0.6 is 0 Å². The highest BCUT2D eigenvalue weighted by atomic mass is 16.5. The largest absolute Gasteiger partial charge is 0.466 e. The maximum atomic E-state index is 11.2. The Labute approximate surface area is 117 Å². The molecule has 0 aliphatic rings. The number of carbonyl (C=O) groups excluding carboxylic acids is 2. The molecule has 0 radical (unpaired) electrons. The highest BCUT2D eigenvalue weighted by molar-refractivity contribution is 5.73. The molecule has 2 N–H and O–H groups in total. The smallest absolute Gasteiger partial charge is 0.308 e. The fraction of sp³-hybridized carbons (Fsp3) is 0.333. The minimum Gasteiger partial charge on any atom is -0.466 e. The Morgan fingerprint density at radius 2 is 1.95 bits per heavy atom. The van der Waals surface area contributed by atoms with Crippen LogP contribution in [0.25, 0.3) is 6.08 Å². The van der Waals surface area contributed by atoms with Gasteiger partial charge in [0.05, 0.1) is 19.1 Å². The fourth-order valence-electron chi connectivity index (χ4n) is 1.68. The number of rotatable bonds is 7. The predicted molar refractivity (Wildman–Crippen MR) is 73.8 cm³/mol. The zero-order chi connectivity index (χ0) is 15.0. The number of hydrogen-bond donors (Lipinski definition) is 2. The van der Waals surface area contributed by atoms with Gasteiger partial charge in [-0.05, 0) is 24.1 Å². The molecule has 2 unspecified atom stereocenters. The Bertz CT molecular complexity index is 464. The van der Waals surface area contributed by atoms with Gasteiger partial charge in [-0.2, -0.15) is 0 Å². The first-order chi connectivity index (χ1) is 9.58. The Morgan fingerprint density at radius 3 is 2.50 bits per heavy atom. The van der Waals surface area contributed by atoms with E-state index in [0.717, 1.165) is 5.56 Å². The third-order valence-corrected chi connectivity index (χ3v) is 2.69. The summed E-state index contributed by atoms with van der Waals surface area (Å²) in [6.07, 6.45) is 1.02. The lowest BCUT2D eigenvalue weighted by molar-refractivity contribution is -0.147. The van der Waals surface area contributed by atoms with Gasteiger partial charge in [0, 0.05) is 0 Å². The number of aldehydes is 1. The van der Waals surface area contributed by atoms with Crippen LogP contribution in [0.4, 0.5) is 0 Å². The molecule has 0 bridgehead atoms. The maximum Gasteiger partial charge on any atom is 0.308 e. The molecule has 1 aromatic carbocycles. The summed E-state index contributed by atoms with van der Waals surface area (Å²) in [4.78, 5) is 21.4. The molecule has 0 spiro atoms. The van der Waals surface area contributed by atoms with Crippen LogP contribution in [0.1, 0.15) is 30.6 Å². The van der Waals surface area contributed by atoms with E-state index < -0.39 is 18.2 Å². The molecule has 5 heteroatoms. The minimum atomic E-state index is -1.22. The molecule has 0 saturated heterocycles. The summed E-state index contributed by atoms with van der Waals surface area (Å²) in [6, 6.07) is 6.66. The van der Waals surface area contributed by atoms with Crippen molar-refractivity contribution < 1.29 is 24.5 Å². The monoisotopic (exact) mass is 278 g/mol. The van der Waals surface area contributed by atoms with Gasteiger partial charge in [-0.15, -0.1) is 0 Å². The molecular formula is C15H18O5. The van der Waals surface area contributed by atoms with Gasteiger partial charge >= 0.3 is 5.97 Å². The Balaban J connectivity index is 2.66. The van der Waals surface area contributed by atoms with E-state index in [1.807, 2.05) is 0 Å². The SMILES string of the molecule is CCOC(=O)CC(O)C(O)c1ccc(/C=C/C=O)cc1. The number of aliphatic hydroxyl groups is 2. The molecule has 0 aromatic heterocycles. The molecule has 0 aliphatic heterocycles. The van der Waals surface area contributed by atoms with Crippen molar-refractivity contribution in [2.75, 3.05) is 6.61 Å². The van der Waals surface area contributed by atoms with Gasteiger partial charge in [-0.3, -0.25) is 9.59 Å². The number of ether oxygens (including phenoxy) is 1. The first kappa shape index (κ1) is 16.1. The van der Waals surface area contributed by atoms with Gasteiger partial charge in [0.2, 0.25) is 0 Å². The van der Waals surface area contributed by atoms with Crippen molar-refractivity contribution in [3.05, 3.63) is 41.5 Å². The first-order valence-corrected chi connectivity index (χ1v) is 6.32. The van der Waals surface area contributed by atoms with Crippen molar-refractivity contribution in [3.8, 4) is 0 Å². The highest BCUT2D eigenvalue weighted by Crippen LogP contribution is 2.20.